The van der Waals surface area contributed by atoms with Crippen molar-refractivity contribution < 1.29 is 9.90 Å². The Morgan fingerprint density at radius 3 is 2.53 bits per heavy atom. The van der Waals surface area contributed by atoms with Crippen LogP contribution in [0.2, 0.25) is 0 Å². The molecule has 0 aromatic carbocycles. The lowest BCUT2D eigenvalue weighted by atomic mass is 9.74. The Balaban J connectivity index is 2.74. The summed E-state index contributed by atoms with van der Waals surface area (Å²) in [6.07, 6.45) is 1.82. The van der Waals surface area contributed by atoms with E-state index in [9.17, 15) is 9.90 Å². The zero-order valence-corrected chi connectivity index (χ0v) is 9.77. The van der Waals surface area contributed by atoms with E-state index in [1.165, 1.54) is 6.42 Å². The van der Waals surface area contributed by atoms with Crippen LogP contribution >= 0.6 is 0 Å². The Morgan fingerprint density at radius 1 is 1.47 bits per heavy atom. The van der Waals surface area contributed by atoms with Gasteiger partial charge < -0.3 is 9.90 Å². The number of nitrogens with zero attached hydrogens (tertiary/aromatic N) is 1. The van der Waals surface area contributed by atoms with Crippen LogP contribution in [0.15, 0.2) is 0 Å². The second-order valence-corrected chi connectivity index (χ2v) is 5.07. The highest BCUT2D eigenvalue weighted by atomic mass is 16.4. The quantitative estimate of drug-likeness (QED) is 0.422. The molecule has 0 aliphatic heterocycles. The minimum atomic E-state index is -1.26. The first kappa shape index (κ1) is 12.3. The third kappa shape index (κ3) is 2.84. The van der Waals surface area contributed by atoms with Gasteiger partial charge in [0.1, 0.15) is 0 Å². The van der Waals surface area contributed by atoms with E-state index in [1.54, 1.807) is 0 Å². The Morgan fingerprint density at radius 2 is 2.07 bits per heavy atom. The van der Waals surface area contributed by atoms with Gasteiger partial charge in [0.15, 0.2) is 6.09 Å². The van der Waals surface area contributed by atoms with Gasteiger partial charge in [0, 0.05) is 6.04 Å². The Kier molecular flexibility index (Phi) is 3.97. The molecule has 1 rings (SSSR count). The van der Waals surface area contributed by atoms with Crippen LogP contribution in [-0.2, 0) is 0 Å². The topological polar surface area (TPSA) is 69.4 Å². The molecule has 0 aromatic heterocycles. The van der Waals surface area contributed by atoms with Gasteiger partial charge in [-0.1, -0.05) is 27.2 Å². The van der Waals surface area contributed by atoms with Gasteiger partial charge in [-0.3, -0.25) is 5.01 Å². The predicted octanol–water partition coefficient (Wildman–Crippen LogP) is 0.966. The Hall–Kier alpha value is -0.770. The third-order valence-electron chi connectivity index (χ3n) is 3.56. The fraction of sp³-hybridized carbons (Fsp3) is 0.909. The molecule has 0 heterocycles. The van der Waals surface area contributed by atoms with E-state index >= 15 is 0 Å². The highest BCUT2D eigenvalue weighted by molar-refractivity contribution is 5.62. The van der Waals surface area contributed by atoms with Crippen LogP contribution in [0, 0.1) is 17.8 Å². The maximum atomic E-state index is 10.8. The van der Waals surface area contributed by atoms with Gasteiger partial charge in [0.2, 0.25) is 0 Å². The molecule has 88 valence electrons. The van der Waals surface area contributed by atoms with Crippen molar-refractivity contribution in [2.45, 2.75) is 46.1 Å². The van der Waals surface area contributed by atoms with Crippen LogP contribution < -0.4 is 10.9 Å². The van der Waals surface area contributed by atoms with Crippen molar-refractivity contribution in [1.29, 1.82) is 0 Å². The Labute approximate surface area is 91.4 Å². The standard InChI is InChI=1S/C11H22N2O2/c1-7(2)9-5-4-8(3)6-10(9)13(12)11(14)15/h7-10H,4-6,12H2,1-3H3,(H,14,15)/p-1. The van der Waals surface area contributed by atoms with E-state index in [-0.39, 0.29) is 6.04 Å². The first-order valence-corrected chi connectivity index (χ1v) is 5.68. The van der Waals surface area contributed by atoms with Crippen LogP contribution in [0.1, 0.15) is 40.0 Å². The molecular formula is C11H21N2O2-. The summed E-state index contributed by atoms with van der Waals surface area (Å²) in [5, 5.41) is 11.7. The molecule has 1 amide bonds. The SMILES string of the molecule is CC1CCC(C(C)C)C(N(N)C(=O)[O-])C1. The number of hydrogen-bond acceptors (Lipinski definition) is 3. The highest BCUT2D eigenvalue weighted by Gasteiger charge is 2.33. The fourth-order valence-corrected chi connectivity index (χ4v) is 2.61. The summed E-state index contributed by atoms with van der Waals surface area (Å²) in [7, 11) is 0. The van der Waals surface area contributed by atoms with Gasteiger partial charge >= 0.3 is 0 Å². The van der Waals surface area contributed by atoms with Crippen molar-refractivity contribution >= 4 is 6.09 Å². The number of carbonyl (C=O) groups is 1. The zero-order valence-electron chi connectivity index (χ0n) is 9.77. The van der Waals surface area contributed by atoms with Gasteiger partial charge in [0.25, 0.3) is 0 Å². The molecule has 1 fully saturated rings. The largest absolute Gasteiger partial charge is 0.529 e. The van der Waals surface area contributed by atoms with Crippen LogP contribution in [-0.4, -0.2) is 17.1 Å². The second kappa shape index (κ2) is 4.84. The summed E-state index contributed by atoms with van der Waals surface area (Å²) >= 11 is 0. The number of hydrogen-bond donors (Lipinski definition) is 1. The summed E-state index contributed by atoms with van der Waals surface area (Å²) in [6.45, 7) is 6.39. The molecule has 3 unspecified atom stereocenters. The van der Waals surface area contributed by atoms with Crippen molar-refractivity contribution in [3.05, 3.63) is 0 Å². The molecular weight excluding hydrogens is 192 g/mol. The lowest BCUT2D eigenvalue weighted by molar-refractivity contribution is -0.270. The van der Waals surface area contributed by atoms with Crippen molar-refractivity contribution in [3.63, 3.8) is 0 Å². The first-order valence-electron chi connectivity index (χ1n) is 5.68. The molecule has 4 heteroatoms. The molecule has 0 spiro atoms. The molecule has 1 aliphatic rings. The molecule has 0 bridgehead atoms. The van der Waals surface area contributed by atoms with Crippen molar-refractivity contribution in [2.24, 2.45) is 23.6 Å². The summed E-state index contributed by atoms with van der Waals surface area (Å²) in [5.41, 5.74) is 0. The average Bonchev–Trinajstić information content (AvgIpc) is 2.15. The molecule has 4 nitrogen and oxygen atoms in total. The monoisotopic (exact) mass is 213 g/mol. The normalized spacial score (nSPS) is 31.7. The number of hydrazine groups is 1. The van der Waals surface area contributed by atoms with E-state index in [0.29, 0.717) is 17.8 Å². The van der Waals surface area contributed by atoms with E-state index in [1.807, 2.05) is 0 Å². The van der Waals surface area contributed by atoms with Crippen LogP contribution in [0.25, 0.3) is 0 Å². The van der Waals surface area contributed by atoms with E-state index in [4.69, 9.17) is 5.84 Å². The molecule has 3 atom stereocenters. The van der Waals surface area contributed by atoms with E-state index in [2.05, 4.69) is 20.8 Å². The lowest BCUT2D eigenvalue weighted by Gasteiger charge is -2.42. The van der Waals surface area contributed by atoms with E-state index in [0.717, 1.165) is 17.9 Å². The molecule has 1 aliphatic carbocycles. The first-order chi connectivity index (χ1) is 6.93. The van der Waals surface area contributed by atoms with Gasteiger partial charge in [-0.15, -0.1) is 0 Å². The van der Waals surface area contributed by atoms with Crippen molar-refractivity contribution in [3.8, 4) is 0 Å². The second-order valence-electron chi connectivity index (χ2n) is 5.07. The lowest BCUT2D eigenvalue weighted by Crippen LogP contribution is -2.56. The van der Waals surface area contributed by atoms with Crippen LogP contribution in [0.5, 0.6) is 0 Å². The minimum Gasteiger partial charge on any atom is -0.529 e. The molecule has 1 saturated carbocycles. The van der Waals surface area contributed by atoms with Gasteiger partial charge in [-0.2, -0.15) is 0 Å². The van der Waals surface area contributed by atoms with Crippen LogP contribution in [0.4, 0.5) is 4.79 Å². The summed E-state index contributed by atoms with van der Waals surface area (Å²) < 4.78 is 0. The maximum absolute atomic E-state index is 10.8. The number of carboxylic acid groups (broad SMARTS) is 1. The number of nitrogens with two attached hydrogens (primary N) is 1. The third-order valence-corrected chi connectivity index (χ3v) is 3.56. The number of rotatable bonds is 2. The summed E-state index contributed by atoms with van der Waals surface area (Å²) in [5.74, 6) is 6.93. The number of carbonyl (C=O) groups excluding carboxylic acids is 1. The Bertz CT molecular complexity index is 231. The van der Waals surface area contributed by atoms with E-state index < -0.39 is 6.09 Å². The summed E-state index contributed by atoms with van der Waals surface area (Å²) in [4.78, 5) is 10.8. The molecule has 0 radical (unpaired) electrons. The number of amides is 1. The van der Waals surface area contributed by atoms with Crippen LogP contribution in [0.3, 0.4) is 0 Å². The predicted molar refractivity (Wildman–Crippen MR) is 56.6 cm³/mol. The summed E-state index contributed by atoms with van der Waals surface area (Å²) in [6, 6.07) is -0.0706. The zero-order chi connectivity index (χ0) is 11.6. The molecule has 15 heavy (non-hydrogen) atoms. The van der Waals surface area contributed by atoms with Gasteiger partial charge in [0.05, 0.1) is 0 Å². The molecule has 2 N–H and O–H groups in total. The van der Waals surface area contributed by atoms with Gasteiger partial charge in [-0.05, 0) is 30.6 Å². The van der Waals surface area contributed by atoms with Crippen molar-refractivity contribution in [2.75, 3.05) is 0 Å². The van der Waals surface area contributed by atoms with Crippen molar-refractivity contribution in [1.82, 2.24) is 5.01 Å². The van der Waals surface area contributed by atoms with Gasteiger partial charge in [-0.25, -0.2) is 5.84 Å². The molecule has 0 saturated heterocycles. The smallest absolute Gasteiger partial charge is 0.152 e. The minimum absolute atomic E-state index is 0.0706. The highest BCUT2D eigenvalue weighted by Crippen LogP contribution is 2.35. The fourth-order valence-electron chi connectivity index (χ4n) is 2.61. The maximum Gasteiger partial charge on any atom is 0.152 e. The molecule has 0 aromatic rings. The average molecular weight is 213 g/mol.